The number of nitrogens with two attached hydrogens (primary N) is 1. The maximum Gasteiger partial charge on any atom is 0.141 e. The Bertz CT molecular complexity index is 413. The Hall–Kier alpha value is -2.10. The van der Waals surface area contributed by atoms with Crippen LogP contribution in [0, 0.1) is 0 Å². The van der Waals surface area contributed by atoms with Gasteiger partial charge in [0.15, 0.2) is 0 Å². The number of rotatable bonds is 1. The van der Waals surface area contributed by atoms with E-state index in [9.17, 15) is 5.11 Å². The highest BCUT2D eigenvalue weighted by molar-refractivity contribution is 5.76. The molecular weight excluding hydrogens is 178 g/mol. The molecule has 0 atom stereocenters. The van der Waals surface area contributed by atoms with Crippen LogP contribution in [0.4, 0.5) is 5.69 Å². The number of hydrogen-bond donors (Lipinski definition) is 2. The summed E-state index contributed by atoms with van der Waals surface area (Å²) in [6, 6.07) is 4.89. The molecule has 0 unspecified atom stereocenters. The number of aromatic nitrogens is 2. The molecule has 3 N–H and O–H groups in total. The van der Waals surface area contributed by atoms with Gasteiger partial charge in [0.2, 0.25) is 0 Å². The van der Waals surface area contributed by atoms with Crippen molar-refractivity contribution in [3.05, 3.63) is 36.8 Å². The smallest absolute Gasteiger partial charge is 0.141 e. The number of nitrogen functional groups attached to an aromatic ring is 1. The van der Waals surface area contributed by atoms with Crippen molar-refractivity contribution in [2.45, 2.75) is 0 Å². The lowest BCUT2D eigenvalue weighted by atomic mass is 10.1. The minimum Gasteiger partial charge on any atom is -0.506 e. The molecule has 0 saturated carbocycles. The Morgan fingerprint density at radius 3 is 2.79 bits per heavy atom. The third-order valence-electron chi connectivity index (χ3n) is 1.90. The summed E-state index contributed by atoms with van der Waals surface area (Å²) in [5.41, 5.74) is 7.38. The second kappa shape index (κ2) is 3.33. The van der Waals surface area contributed by atoms with E-state index < -0.39 is 0 Å². The predicted octanol–water partition coefficient (Wildman–Crippen LogP) is 1.43. The van der Waals surface area contributed by atoms with E-state index in [1.165, 1.54) is 0 Å². The number of pyridine rings is 2. The first kappa shape index (κ1) is 8.50. The molecule has 4 nitrogen and oxygen atoms in total. The van der Waals surface area contributed by atoms with Gasteiger partial charge in [-0.15, -0.1) is 0 Å². The van der Waals surface area contributed by atoms with Gasteiger partial charge in [-0.2, -0.15) is 0 Å². The fraction of sp³-hybridized carbons (Fsp3) is 0. The highest BCUT2D eigenvalue weighted by atomic mass is 16.3. The van der Waals surface area contributed by atoms with Crippen molar-refractivity contribution in [2.24, 2.45) is 0 Å². The third-order valence-corrected chi connectivity index (χ3v) is 1.90. The van der Waals surface area contributed by atoms with E-state index in [0.29, 0.717) is 16.9 Å². The van der Waals surface area contributed by atoms with Crippen LogP contribution in [-0.2, 0) is 0 Å². The van der Waals surface area contributed by atoms with Crippen LogP contribution in [0.1, 0.15) is 0 Å². The van der Waals surface area contributed by atoms with E-state index in [0.717, 1.165) is 0 Å². The Labute approximate surface area is 81.1 Å². The molecule has 2 heterocycles. The van der Waals surface area contributed by atoms with Crippen molar-refractivity contribution in [3.63, 3.8) is 0 Å². The molecule has 0 spiro atoms. The molecule has 0 amide bonds. The van der Waals surface area contributed by atoms with Crippen molar-refractivity contribution in [1.82, 2.24) is 9.97 Å². The van der Waals surface area contributed by atoms with Crippen molar-refractivity contribution in [3.8, 4) is 17.0 Å². The SMILES string of the molecule is Nc1ccncc1-c1ncccc1O. The van der Waals surface area contributed by atoms with Crippen molar-refractivity contribution >= 4 is 5.69 Å². The van der Waals surface area contributed by atoms with Crippen LogP contribution in [0.5, 0.6) is 5.75 Å². The van der Waals surface area contributed by atoms with Crippen LogP contribution in [0.3, 0.4) is 0 Å². The van der Waals surface area contributed by atoms with E-state index in [1.54, 1.807) is 36.8 Å². The summed E-state index contributed by atoms with van der Waals surface area (Å²) in [6.07, 6.45) is 4.78. The molecule has 0 aromatic carbocycles. The highest BCUT2D eigenvalue weighted by Gasteiger charge is 2.07. The van der Waals surface area contributed by atoms with Gasteiger partial charge in [0, 0.05) is 29.8 Å². The zero-order chi connectivity index (χ0) is 9.97. The molecule has 0 aliphatic heterocycles. The first-order chi connectivity index (χ1) is 6.79. The third kappa shape index (κ3) is 1.37. The van der Waals surface area contributed by atoms with Gasteiger partial charge < -0.3 is 10.8 Å². The van der Waals surface area contributed by atoms with Crippen molar-refractivity contribution < 1.29 is 5.11 Å². The minimum absolute atomic E-state index is 0.104. The first-order valence-corrected chi connectivity index (χ1v) is 4.13. The summed E-state index contributed by atoms with van der Waals surface area (Å²) in [4.78, 5) is 7.97. The summed E-state index contributed by atoms with van der Waals surface area (Å²) >= 11 is 0. The Morgan fingerprint density at radius 1 is 1.21 bits per heavy atom. The fourth-order valence-electron chi connectivity index (χ4n) is 1.21. The molecule has 2 aromatic heterocycles. The second-order valence-electron chi connectivity index (χ2n) is 2.83. The van der Waals surface area contributed by atoms with Gasteiger partial charge in [0.25, 0.3) is 0 Å². The van der Waals surface area contributed by atoms with E-state index in [4.69, 9.17) is 5.73 Å². The summed E-state index contributed by atoms with van der Waals surface area (Å²) in [7, 11) is 0. The van der Waals surface area contributed by atoms with Crippen LogP contribution in [-0.4, -0.2) is 15.1 Å². The monoisotopic (exact) mass is 187 g/mol. The van der Waals surface area contributed by atoms with E-state index in [2.05, 4.69) is 9.97 Å². The maximum atomic E-state index is 9.54. The molecule has 14 heavy (non-hydrogen) atoms. The topological polar surface area (TPSA) is 72.0 Å². The summed E-state index contributed by atoms with van der Waals surface area (Å²) in [5.74, 6) is 0.104. The van der Waals surface area contributed by atoms with Gasteiger partial charge in [-0.25, -0.2) is 0 Å². The molecule has 0 saturated heterocycles. The van der Waals surface area contributed by atoms with Gasteiger partial charge in [0.05, 0.1) is 0 Å². The molecular formula is C10H9N3O. The minimum atomic E-state index is 0.104. The molecule has 0 bridgehead atoms. The van der Waals surface area contributed by atoms with Crippen LogP contribution in [0.2, 0.25) is 0 Å². The van der Waals surface area contributed by atoms with Crippen LogP contribution >= 0.6 is 0 Å². The molecule has 2 rings (SSSR count). The molecule has 0 fully saturated rings. The Kier molecular flexibility index (Phi) is 2.02. The lowest BCUT2D eigenvalue weighted by molar-refractivity contribution is 0.475. The summed E-state index contributed by atoms with van der Waals surface area (Å²) < 4.78 is 0. The van der Waals surface area contributed by atoms with E-state index in [1.807, 2.05) is 0 Å². The quantitative estimate of drug-likeness (QED) is 0.708. The zero-order valence-corrected chi connectivity index (χ0v) is 7.38. The van der Waals surface area contributed by atoms with E-state index >= 15 is 0 Å². The molecule has 0 radical (unpaired) electrons. The number of aromatic hydroxyl groups is 1. The summed E-state index contributed by atoms with van der Waals surface area (Å²) in [5, 5.41) is 9.54. The van der Waals surface area contributed by atoms with Crippen LogP contribution in [0.25, 0.3) is 11.3 Å². The zero-order valence-electron chi connectivity index (χ0n) is 7.38. The molecule has 70 valence electrons. The lowest BCUT2D eigenvalue weighted by Gasteiger charge is -2.04. The highest BCUT2D eigenvalue weighted by Crippen LogP contribution is 2.29. The molecule has 2 aromatic rings. The Morgan fingerprint density at radius 2 is 2.07 bits per heavy atom. The lowest BCUT2D eigenvalue weighted by Crippen LogP contribution is -1.92. The maximum absolute atomic E-state index is 9.54. The molecule has 4 heteroatoms. The largest absolute Gasteiger partial charge is 0.506 e. The van der Waals surface area contributed by atoms with Gasteiger partial charge in [-0.1, -0.05) is 0 Å². The van der Waals surface area contributed by atoms with Gasteiger partial charge >= 0.3 is 0 Å². The van der Waals surface area contributed by atoms with Crippen molar-refractivity contribution in [1.29, 1.82) is 0 Å². The van der Waals surface area contributed by atoms with Gasteiger partial charge in [-0.05, 0) is 18.2 Å². The molecule has 0 aliphatic carbocycles. The second-order valence-corrected chi connectivity index (χ2v) is 2.83. The van der Waals surface area contributed by atoms with E-state index in [-0.39, 0.29) is 5.75 Å². The Balaban J connectivity index is 2.61. The number of hydrogen-bond acceptors (Lipinski definition) is 4. The van der Waals surface area contributed by atoms with Crippen molar-refractivity contribution in [2.75, 3.05) is 5.73 Å². The fourth-order valence-corrected chi connectivity index (χ4v) is 1.21. The predicted molar refractivity (Wildman–Crippen MR) is 53.5 cm³/mol. The standard InChI is InChI=1S/C10H9N3O/c11-8-3-5-12-6-7(8)10-9(14)2-1-4-13-10/h1-6,14H,(H2,11,12). The van der Waals surface area contributed by atoms with Crippen LogP contribution < -0.4 is 5.73 Å². The summed E-state index contributed by atoms with van der Waals surface area (Å²) in [6.45, 7) is 0. The van der Waals surface area contributed by atoms with Gasteiger partial charge in [0.1, 0.15) is 11.4 Å². The number of nitrogens with zero attached hydrogens (tertiary/aromatic N) is 2. The van der Waals surface area contributed by atoms with Crippen LogP contribution in [0.15, 0.2) is 36.8 Å². The average molecular weight is 187 g/mol. The molecule has 0 aliphatic rings. The first-order valence-electron chi connectivity index (χ1n) is 4.13. The normalized spacial score (nSPS) is 10.0. The number of anilines is 1. The average Bonchev–Trinajstić information content (AvgIpc) is 2.20. The van der Waals surface area contributed by atoms with Gasteiger partial charge in [-0.3, -0.25) is 9.97 Å².